The number of rotatable bonds is 5. The Kier molecular flexibility index (Phi) is 4.33. The average molecular weight is 253 g/mol. The van der Waals surface area contributed by atoms with Crippen LogP contribution in [0.25, 0.3) is 0 Å². The van der Waals surface area contributed by atoms with Crippen molar-refractivity contribution in [3.8, 4) is 0 Å². The molecule has 6 nitrogen and oxygen atoms in total. The van der Waals surface area contributed by atoms with Gasteiger partial charge >= 0.3 is 0 Å². The summed E-state index contributed by atoms with van der Waals surface area (Å²) in [5, 5.41) is 6.07. The number of methoxy groups -OCH3 is 1. The second-order valence-electron chi connectivity index (χ2n) is 4.55. The van der Waals surface area contributed by atoms with Crippen LogP contribution in [-0.4, -0.2) is 37.2 Å². The highest BCUT2D eigenvalue weighted by Crippen LogP contribution is 2.22. The van der Waals surface area contributed by atoms with Gasteiger partial charge in [0.25, 0.3) is 5.91 Å². The van der Waals surface area contributed by atoms with Gasteiger partial charge in [-0.25, -0.2) is 4.98 Å². The zero-order valence-electron chi connectivity index (χ0n) is 10.7. The summed E-state index contributed by atoms with van der Waals surface area (Å²) in [7, 11) is 1.60. The number of carbonyl (C=O) groups excluding carboxylic acids is 1. The summed E-state index contributed by atoms with van der Waals surface area (Å²) in [5.74, 6) is 0.365. The Hall–Kier alpha value is -1.40. The van der Waals surface area contributed by atoms with Crippen molar-refractivity contribution < 1.29 is 13.9 Å². The van der Waals surface area contributed by atoms with Crippen molar-refractivity contribution in [2.45, 2.75) is 31.8 Å². The summed E-state index contributed by atoms with van der Waals surface area (Å²) in [4.78, 5) is 16.1. The van der Waals surface area contributed by atoms with E-state index in [0.717, 1.165) is 19.4 Å². The van der Waals surface area contributed by atoms with Crippen LogP contribution in [0.2, 0.25) is 0 Å². The van der Waals surface area contributed by atoms with E-state index >= 15 is 0 Å². The van der Waals surface area contributed by atoms with E-state index in [4.69, 9.17) is 9.15 Å². The van der Waals surface area contributed by atoms with Crippen LogP contribution in [0.5, 0.6) is 0 Å². The molecule has 1 aromatic rings. The molecule has 18 heavy (non-hydrogen) atoms. The zero-order valence-corrected chi connectivity index (χ0v) is 10.7. The van der Waals surface area contributed by atoms with E-state index in [1.807, 2.05) is 6.92 Å². The number of nitrogens with one attached hydrogen (secondary N) is 2. The summed E-state index contributed by atoms with van der Waals surface area (Å²) in [5.41, 5.74) is 0.321. The van der Waals surface area contributed by atoms with Crippen LogP contribution in [0.1, 0.15) is 42.2 Å². The second kappa shape index (κ2) is 5.97. The number of amides is 1. The quantitative estimate of drug-likeness (QED) is 0.814. The molecule has 0 saturated carbocycles. The van der Waals surface area contributed by atoms with Crippen molar-refractivity contribution in [1.82, 2.24) is 15.6 Å². The van der Waals surface area contributed by atoms with Crippen LogP contribution >= 0.6 is 0 Å². The Bertz CT molecular complexity index is 399. The van der Waals surface area contributed by atoms with Gasteiger partial charge in [-0.1, -0.05) is 0 Å². The first-order chi connectivity index (χ1) is 8.70. The van der Waals surface area contributed by atoms with Crippen LogP contribution in [-0.2, 0) is 4.74 Å². The number of aromatic nitrogens is 1. The summed E-state index contributed by atoms with van der Waals surface area (Å²) in [6.45, 7) is 3.32. The minimum atomic E-state index is -0.229. The first kappa shape index (κ1) is 13.0. The van der Waals surface area contributed by atoms with Crippen LogP contribution in [0.15, 0.2) is 10.7 Å². The molecular formula is C12H19N3O3. The van der Waals surface area contributed by atoms with Gasteiger partial charge in [-0.2, -0.15) is 0 Å². The van der Waals surface area contributed by atoms with Crippen molar-refractivity contribution in [3.63, 3.8) is 0 Å². The number of oxazole rings is 1. The number of carbonyl (C=O) groups is 1. The van der Waals surface area contributed by atoms with E-state index in [0.29, 0.717) is 18.2 Å². The maximum Gasteiger partial charge on any atom is 0.273 e. The molecule has 1 amide bonds. The lowest BCUT2D eigenvalue weighted by Gasteiger charge is -2.10. The summed E-state index contributed by atoms with van der Waals surface area (Å²) >= 11 is 0. The third-order valence-electron chi connectivity index (χ3n) is 2.91. The fourth-order valence-electron chi connectivity index (χ4n) is 2.04. The van der Waals surface area contributed by atoms with Crippen LogP contribution in [0.3, 0.4) is 0 Å². The van der Waals surface area contributed by atoms with Gasteiger partial charge in [0.15, 0.2) is 5.69 Å². The van der Waals surface area contributed by atoms with Gasteiger partial charge in [0.1, 0.15) is 6.26 Å². The Labute approximate surface area is 106 Å². The molecule has 0 bridgehead atoms. The molecular weight excluding hydrogens is 234 g/mol. The van der Waals surface area contributed by atoms with Crippen LogP contribution in [0.4, 0.5) is 0 Å². The van der Waals surface area contributed by atoms with Crippen LogP contribution < -0.4 is 10.6 Å². The van der Waals surface area contributed by atoms with Gasteiger partial charge in [0, 0.05) is 13.2 Å². The van der Waals surface area contributed by atoms with Crippen molar-refractivity contribution in [3.05, 3.63) is 17.8 Å². The van der Waals surface area contributed by atoms with Gasteiger partial charge in [0.05, 0.1) is 12.6 Å². The molecule has 2 unspecified atom stereocenters. The third-order valence-corrected chi connectivity index (χ3v) is 2.91. The van der Waals surface area contributed by atoms with E-state index in [1.54, 1.807) is 7.11 Å². The highest BCUT2D eigenvalue weighted by molar-refractivity contribution is 5.92. The Morgan fingerprint density at radius 2 is 2.61 bits per heavy atom. The lowest BCUT2D eigenvalue weighted by molar-refractivity contribution is 0.0900. The van der Waals surface area contributed by atoms with Crippen LogP contribution in [0, 0.1) is 0 Å². The smallest absolute Gasteiger partial charge is 0.273 e. The van der Waals surface area contributed by atoms with E-state index in [-0.39, 0.29) is 18.0 Å². The minimum Gasteiger partial charge on any atom is -0.446 e. The monoisotopic (exact) mass is 253 g/mol. The van der Waals surface area contributed by atoms with E-state index in [9.17, 15) is 4.79 Å². The van der Waals surface area contributed by atoms with Gasteiger partial charge in [-0.15, -0.1) is 0 Å². The first-order valence-corrected chi connectivity index (χ1v) is 6.19. The van der Waals surface area contributed by atoms with E-state index < -0.39 is 0 Å². The number of nitrogens with zero attached hydrogens (tertiary/aromatic N) is 1. The predicted octanol–water partition coefficient (Wildman–Crippen LogP) is 0.864. The summed E-state index contributed by atoms with van der Waals surface area (Å²) < 4.78 is 10.3. The molecule has 1 fully saturated rings. The van der Waals surface area contributed by atoms with E-state index in [2.05, 4.69) is 15.6 Å². The Balaban J connectivity index is 1.94. The number of hydrogen-bond acceptors (Lipinski definition) is 5. The minimum absolute atomic E-state index is 0.0488. The van der Waals surface area contributed by atoms with Crippen molar-refractivity contribution in [1.29, 1.82) is 0 Å². The lowest BCUT2D eigenvalue weighted by Crippen LogP contribution is -2.35. The maximum absolute atomic E-state index is 11.8. The maximum atomic E-state index is 11.8. The largest absolute Gasteiger partial charge is 0.446 e. The molecule has 1 aromatic heterocycles. The zero-order chi connectivity index (χ0) is 13.0. The molecule has 2 heterocycles. The lowest BCUT2D eigenvalue weighted by atomic mass is 10.2. The van der Waals surface area contributed by atoms with Crippen molar-refractivity contribution in [2.75, 3.05) is 20.3 Å². The molecule has 1 saturated heterocycles. The Morgan fingerprint density at radius 3 is 3.28 bits per heavy atom. The summed E-state index contributed by atoms with van der Waals surface area (Å²) in [6.07, 6.45) is 3.52. The molecule has 2 N–H and O–H groups in total. The van der Waals surface area contributed by atoms with Gasteiger partial charge in [0.2, 0.25) is 5.89 Å². The summed E-state index contributed by atoms with van der Waals surface area (Å²) in [6, 6.07) is 0.0928. The third kappa shape index (κ3) is 3.08. The predicted molar refractivity (Wildman–Crippen MR) is 65.3 cm³/mol. The molecule has 0 spiro atoms. The molecule has 1 aliphatic rings. The normalized spacial score (nSPS) is 20.9. The standard InChI is InChI=1S/C12H19N3O3/c1-8(6-17-2)14-11(16)10-7-18-12(15-10)9-4-3-5-13-9/h7-9,13H,3-6H2,1-2H3,(H,14,16). The average Bonchev–Trinajstić information content (AvgIpc) is 3.00. The highest BCUT2D eigenvalue weighted by Gasteiger charge is 2.23. The molecule has 0 aromatic carbocycles. The number of hydrogen-bond donors (Lipinski definition) is 2. The van der Waals surface area contributed by atoms with Crippen molar-refractivity contribution in [2.24, 2.45) is 0 Å². The first-order valence-electron chi connectivity index (χ1n) is 6.19. The molecule has 2 atom stereocenters. The second-order valence-corrected chi connectivity index (χ2v) is 4.55. The number of ether oxygens (including phenoxy) is 1. The molecule has 2 rings (SSSR count). The fraction of sp³-hybridized carbons (Fsp3) is 0.667. The SMILES string of the molecule is COCC(C)NC(=O)c1coc(C2CCCN2)n1. The Morgan fingerprint density at radius 1 is 1.78 bits per heavy atom. The molecule has 0 aliphatic carbocycles. The van der Waals surface area contributed by atoms with Crippen molar-refractivity contribution >= 4 is 5.91 Å². The molecule has 0 radical (unpaired) electrons. The van der Waals surface area contributed by atoms with Gasteiger partial charge < -0.3 is 19.8 Å². The topological polar surface area (TPSA) is 76.4 Å². The van der Waals surface area contributed by atoms with Gasteiger partial charge in [-0.3, -0.25) is 4.79 Å². The van der Waals surface area contributed by atoms with E-state index in [1.165, 1.54) is 6.26 Å². The molecule has 6 heteroatoms. The highest BCUT2D eigenvalue weighted by atomic mass is 16.5. The van der Waals surface area contributed by atoms with Gasteiger partial charge in [-0.05, 0) is 26.3 Å². The fourth-order valence-corrected chi connectivity index (χ4v) is 2.04. The molecule has 100 valence electrons. The molecule has 1 aliphatic heterocycles.